The molecule has 5 rings (SSSR count). The van der Waals surface area contributed by atoms with Crippen LogP contribution in [0.3, 0.4) is 0 Å². The number of rotatable bonds is 12. The van der Waals surface area contributed by atoms with Crippen LogP contribution in [0.1, 0.15) is 42.4 Å². The summed E-state index contributed by atoms with van der Waals surface area (Å²) in [5.41, 5.74) is 2.42. The van der Waals surface area contributed by atoms with Crippen molar-refractivity contribution in [1.29, 1.82) is 0 Å². The summed E-state index contributed by atoms with van der Waals surface area (Å²) in [7, 11) is -4.27. The highest BCUT2D eigenvalue weighted by Crippen LogP contribution is 2.32. The van der Waals surface area contributed by atoms with Crippen molar-refractivity contribution in [2.75, 3.05) is 10.8 Å². The highest BCUT2D eigenvalue weighted by Gasteiger charge is 2.36. The molecule has 4 aromatic rings. The number of amides is 2. The number of aryl methyl sites for hydroxylation is 1. The number of halogens is 3. The van der Waals surface area contributed by atoms with Crippen LogP contribution < -0.4 is 9.62 Å². The summed E-state index contributed by atoms with van der Waals surface area (Å²) in [5, 5.41) is 4.06. The Morgan fingerprint density at radius 3 is 2.17 bits per heavy atom. The molecule has 1 atom stereocenters. The maximum Gasteiger partial charge on any atom is 0.264 e. The quantitative estimate of drug-likeness (QED) is 0.162. The van der Waals surface area contributed by atoms with Crippen LogP contribution in [0.5, 0.6) is 0 Å². The molecule has 1 aliphatic carbocycles. The zero-order chi connectivity index (χ0) is 33.6. The van der Waals surface area contributed by atoms with Gasteiger partial charge in [0, 0.05) is 29.1 Å². The monoisotopic (exact) mass is 711 g/mol. The van der Waals surface area contributed by atoms with Gasteiger partial charge in [0.2, 0.25) is 11.8 Å². The van der Waals surface area contributed by atoms with Gasteiger partial charge in [0.15, 0.2) is 0 Å². The van der Waals surface area contributed by atoms with Crippen LogP contribution in [0.25, 0.3) is 0 Å². The van der Waals surface area contributed by atoms with Crippen molar-refractivity contribution in [3.8, 4) is 0 Å². The van der Waals surface area contributed by atoms with Gasteiger partial charge < -0.3 is 10.2 Å². The van der Waals surface area contributed by atoms with Crippen LogP contribution in [0.2, 0.25) is 15.1 Å². The van der Waals surface area contributed by atoms with Crippen molar-refractivity contribution >= 4 is 62.3 Å². The molecule has 2 amide bonds. The number of nitrogens with one attached hydrogen (secondary N) is 1. The average Bonchev–Trinajstić information content (AvgIpc) is 3.56. The third-order valence-electron chi connectivity index (χ3n) is 8.34. The van der Waals surface area contributed by atoms with E-state index < -0.39 is 28.5 Å². The first kappa shape index (κ1) is 34.8. The van der Waals surface area contributed by atoms with E-state index in [9.17, 15) is 18.0 Å². The summed E-state index contributed by atoms with van der Waals surface area (Å²) in [6, 6.07) is 26.2. The molecule has 11 heteroatoms. The van der Waals surface area contributed by atoms with Crippen molar-refractivity contribution < 1.29 is 18.0 Å². The van der Waals surface area contributed by atoms with Gasteiger partial charge >= 0.3 is 0 Å². The van der Waals surface area contributed by atoms with Gasteiger partial charge in [0.05, 0.1) is 15.6 Å². The zero-order valence-electron chi connectivity index (χ0n) is 25.9. The number of anilines is 1. The number of carbonyl (C=O) groups excluding carboxylic acids is 2. The lowest BCUT2D eigenvalue weighted by Crippen LogP contribution is -2.54. The second-order valence-corrected chi connectivity index (χ2v) is 14.8. The van der Waals surface area contributed by atoms with E-state index in [-0.39, 0.29) is 40.5 Å². The van der Waals surface area contributed by atoms with Gasteiger partial charge in [-0.1, -0.05) is 114 Å². The van der Waals surface area contributed by atoms with Crippen LogP contribution in [0, 0.1) is 6.92 Å². The van der Waals surface area contributed by atoms with Gasteiger partial charge in [-0.15, -0.1) is 0 Å². The van der Waals surface area contributed by atoms with Gasteiger partial charge in [-0.25, -0.2) is 8.42 Å². The molecule has 0 bridgehead atoms. The minimum absolute atomic E-state index is 0.00150. The van der Waals surface area contributed by atoms with Crippen molar-refractivity contribution in [3.05, 3.63) is 129 Å². The molecule has 1 saturated carbocycles. The van der Waals surface area contributed by atoms with E-state index in [2.05, 4.69) is 5.32 Å². The Morgan fingerprint density at radius 2 is 1.51 bits per heavy atom. The van der Waals surface area contributed by atoms with Gasteiger partial charge in [-0.3, -0.25) is 13.9 Å². The molecule has 0 heterocycles. The lowest BCUT2D eigenvalue weighted by molar-refractivity contribution is -0.140. The molecule has 0 aliphatic heterocycles. The molecule has 0 saturated heterocycles. The number of hydrogen-bond acceptors (Lipinski definition) is 4. The van der Waals surface area contributed by atoms with Crippen LogP contribution in [0.4, 0.5) is 5.69 Å². The largest absolute Gasteiger partial charge is 0.352 e. The minimum Gasteiger partial charge on any atom is -0.352 e. The molecule has 7 nitrogen and oxygen atoms in total. The van der Waals surface area contributed by atoms with E-state index >= 15 is 0 Å². The Kier molecular flexibility index (Phi) is 11.5. The smallest absolute Gasteiger partial charge is 0.264 e. The number of hydrogen-bond donors (Lipinski definition) is 1. The number of benzene rings is 4. The Bertz CT molecular complexity index is 1820. The summed E-state index contributed by atoms with van der Waals surface area (Å²) < 4.78 is 29.4. The average molecular weight is 713 g/mol. The lowest BCUT2D eigenvalue weighted by Gasteiger charge is -2.34. The normalized spacial score (nSPS) is 14.0. The third-order valence-corrected chi connectivity index (χ3v) is 11.0. The molecule has 1 N–H and O–H groups in total. The Morgan fingerprint density at radius 1 is 0.851 bits per heavy atom. The van der Waals surface area contributed by atoms with Crippen molar-refractivity contribution in [2.24, 2.45) is 0 Å². The molecule has 246 valence electrons. The molecule has 0 radical (unpaired) electrons. The predicted octanol–water partition coefficient (Wildman–Crippen LogP) is 7.85. The van der Waals surface area contributed by atoms with Crippen LogP contribution >= 0.6 is 34.8 Å². The van der Waals surface area contributed by atoms with E-state index in [4.69, 9.17) is 34.8 Å². The third kappa shape index (κ3) is 8.68. The first-order chi connectivity index (χ1) is 22.5. The molecule has 47 heavy (non-hydrogen) atoms. The van der Waals surface area contributed by atoms with Gasteiger partial charge in [0.1, 0.15) is 12.6 Å². The second-order valence-electron chi connectivity index (χ2n) is 11.7. The number of para-hydroxylation sites is 1. The molecular weight excluding hydrogens is 677 g/mol. The molecule has 0 spiro atoms. The van der Waals surface area contributed by atoms with Crippen molar-refractivity contribution in [1.82, 2.24) is 10.2 Å². The first-order valence-electron chi connectivity index (χ1n) is 15.4. The molecule has 4 aromatic carbocycles. The summed E-state index contributed by atoms with van der Waals surface area (Å²) >= 11 is 19.3. The fourth-order valence-electron chi connectivity index (χ4n) is 5.76. The molecule has 1 fully saturated rings. The zero-order valence-corrected chi connectivity index (χ0v) is 29.0. The minimum atomic E-state index is -4.27. The standard InChI is InChI=1S/C36H36Cl3N3O4S/c1-25-15-19-30(20-16-25)47(45,46)42(33-14-8-7-13-31(33)38)24-35(43)41(23-27-17-18-28(37)22-32(27)39)34(21-26-9-3-2-4-10-26)36(44)40-29-11-5-6-12-29/h2-4,7-10,13-20,22,29,34H,5-6,11-12,21,23-24H2,1H3,(H,40,44)/t34-/m1/s1. The summed E-state index contributed by atoms with van der Waals surface area (Å²) in [4.78, 5) is 30.2. The highest BCUT2D eigenvalue weighted by atomic mass is 35.5. The maximum atomic E-state index is 14.7. The summed E-state index contributed by atoms with van der Waals surface area (Å²) in [5.74, 6) is -0.918. The predicted molar refractivity (Wildman–Crippen MR) is 189 cm³/mol. The topological polar surface area (TPSA) is 86.8 Å². The number of sulfonamides is 1. The van der Waals surface area contributed by atoms with E-state index in [1.165, 1.54) is 17.0 Å². The molecule has 0 aromatic heterocycles. The SMILES string of the molecule is Cc1ccc(S(=O)(=O)N(CC(=O)N(Cc2ccc(Cl)cc2Cl)[C@H](Cc2ccccc2)C(=O)NC2CCCC2)c2ccccc2Cl)cc1. The first-order valence-corrected chi connectivity index (χ1v) is 18.0. The van der Waals surface area contributed by atoms with E-state index in [1.807, 2.05) is 37.3 Å². The van der Waals surface area contributed by atoms with Crippen LogP contribution in [-0.4, -0.2) is 43.8 Å². The summed E-state index contributed by atoms with van der Waals surface area (Å²) in [6.45, 7) is 1.17. The fourth-order valence-corrected chi connectivity index (χ4v) is 7.95. The molecular formula is C36H36Cl3N3O4S. The Hall–Kier alpha value is -3.56. The second kappa shape index (κ2) is 15.6. The summed E-state index contributed by atoms with van der Waals surface area (Å²) in [6.07, 6.45) is 3.95. The fraction of sp³-hybridized carbons (Fsp3) is 0.278. The van der Waals surface area contributed by atoms with Gasteiger partial charge in [-0.05, 0) is 67.3 Å². The Labute approximate surface area is 291 Å². The Balaban J connectivity index is 1.59. The van der Waals surface area contributed by atoms with E-state index in [0.717, 1.165) is 41.1 Å². The van der Waals surface area contributed by atoms with Crippen molar-refractivity contribution in [2.45, 2.75) is 62.6 Å². The molecule has 1 aliphatic rings. The van der Waals surface area contributed by atoms with Crippen molar-refractivity contribution in [3.63, 3.8) is 0 Å². The number of carbonyl (C=O) groups is 2. The van der Waals surface area contributed by atoms with Gasteiger partial charge in [0.25, 0.3) is 10.0 Å². The highest BCUT2D eigenvalue weighted by molar-refractivity contribution is 7.92. The van der Waals surface area contributed by atoms with Gasteiger partial charge in [-0.2, -0.15) is 0 Å². The maximum absolute atomic E-state index is 14.7. The van der Waals surface area contributed by atoms with Crippen LogP contribution in [-0.2, 0) is 32.6 Å². The lowest BCUT2D eigenvalue weighted by atomic mass is 10.0. The van der Waals surface area contributed by atoms with E-state index in [0.29, 0.717) is 15.6 Å². The van der Waals surface area contributed by atoms with Crippen LogP contribution in [0.15, 0.2) is 102 Å². The number of nitrogens with zero attached hydrogens (tertiary/aromatic N) is 2. The van der Waals surface area contributed by atoms with E-state index in [1.54, 1.807) is 54.6 Å². The molecule has 0 unspecified atom stereocenters.